The highest BCUT2D eigenvalue weighted by Gasteiger charge is 2.11. The molecule has 72 valence electrons. The largest absolute Gasteiger partial charge is 0.476 e. The SMILES string of the molecule is CCn1nc(C(=O)O)cc1COC. The summed E-state index contributed by atoms with van der Waals surface area (Å²) in [4.78, 5) is 10.6. The average molecular weight is 184 g/mol. The second kappa shape index (κ2) is 4.04. The molecule has 0 aliphatic carbocycles. The third-order valence-corrected chi connectivity index (χ3v) is 1.67. The molecule has 1 aromatic heterocycles. The fourth-order valence-corrected chi connectivity index (χ4v) is 1.10. The zero-order valence-corrected chi connectivity index (χ0v) is 7.65. The minimum atomic E-state index is -1.01. The van der Waals surface area contributed by atoms with Crippen LogP contribution in [-0.4, -0.2) is 28.0 Å². The summed E-state index contributed by atoms with van der Waals surface area (Å²) >= 11 is 0. The summed E-state index contributed by atoms with van der Waals surface area (Å²) in [6.45, 7) is 2.93. The van der Waals surface area contributed by atoms with Crippen LogP contribution in [0.4, 0.5) is 0 Å². The fourth-order valence-electron chi connectivity index (χ4n) is 1.10. The van der Waals surface area contributed by atoms with Crippen LogP contribution in [0.5, 0.6) is 0 Å². The van der Waals surface area contributed by atoms with Gasteiger partial charge in [0, 0.05) is 13.7 Å². The third-order valence-electron chi connectivity index (χ3n) is 1.67. The minimum Gasteiger partial charge on any atom is -0.476 e. The molecule has 13 heavy (non-hydrogen) atoms. The number of carboxylic acid groups (broad SMARTS) is 1. The lowest BCUT2D eigenvalue weighted by atomic mass is 10.3. The molecule has 0 spiro atoms. The molecule has 5 heteroatoms. The monoisotopic (exact) mass is 184 g/mol. The Morgan fingerprint density at radius 3 is 2.92 bits per heavy atom. The number of hydrogen-bond acceptors (Lipinski definition) is 3. The van der Waals surface area contributed by atoms with E-state index in [0.29, 0.717) is 13.2 Å². The van der Waals surface area contributed by atoms with Gasteiger partial charge in [0.25, 0.3) is 0 Å². The van der Waals surface area contributed by atoms with Crippen molar-refractivity contribution in [3.63, 3.8) is 0 Å². The molecule has 0 amide bonds. The maximum atomic E-state index is 10.6. The molecule has 0 radical (unpaired) electrons. The summed E-state index contributed by atoms with van der Waals surface area (Å²) in [6.07, 6.45) is 0. The number of aromatic carboxylic acids is 1. The first-order chi connectivity index (χ1) is 6.19. The maximum absolute atomic E-state index is 10.6. The van der Waals surface area contributed by atoms with Crippen molar-refractivity contribution in [3.05, 3.63) is 17.5 Å². The van der Waals surface area contributed by atoms with Crippen LogP contribution in [0.25, 0.3) is 0 Å². The smallest absolute Gasteiger partial charge is 0.356 e. The molecular weight excluding hydrogens is 172 g/mol. The Labute approximate surface area is 75.9 Å². The van der Waals surface area contributed by atoms with Gasteiger partial charge in [0.05, 0.1) is 12.3 Å². The minimum absolute atomic E-state index is 0.0638. The number of methoxy groups -OCH3 is 1. The van der Waals surface area contributed by atoms with Crippen molar-refractivity contribution in [1.82, 2.24) is 9.78 Å². The van der Waals surface area contributed by atoms with Crippen molar-refractivity contribution >= 4 is 5.97 Å². The van der Waals surface area contributed by atoms with Gasteiger partial charge in [-0.3, -0.25) is 4.68 Å². The van der Waals surface area contributed by atoms with E-state index in [9.17, 15) is 4.79 Å². The second-order valence-corrected chi connectivity index (χ2v) is 2.57. The van der Waals surface area contributed by atoms with Crippen LogP contribution in [0.2, 0.25) is 0 Å². The molecule has 1 aromatic rings. The van der Waals surface area contributed by atoms with E-state index in [4.69, 9.17) is 9.84 Å². The van der Waals surface area contributed by atoms with Crippen molar-refractivity contribution in [2.24, 2.45) is 0 Å². The lowest BCUT2D eigenvalue weighted by Crippen LogP contribution is -2.04. The number of carbonyl (C=O) groups is 1. The summed E-state index contributed by atoms with van der Waals surface area (Å²) in [6, 6.07) is 1.52. The van der Waals surface area contributed by atoms with Crippen molar-refractivity contribution < 1.29 is 14.6 Å². The predicted molar refractivity (Wildman–Crippen MR) is 45.6 cm³/mol. The topological polar surface area (TPSA) is 64.4 Å². The van der Waals surface area contributed by atoms with Gasteiger partial charge >= 0.3 is 5.97 Å². The van der Waals surface area contributed by atoms with Crippen molar-refractivity contribution in [1.29, 1.82) is 0 Å². The number of aromatic nitrogens is 2. The van der Waals surface area contributed by atoms with E-state index in [2.05, 4.69) is 5.10 Å². The van der Waals surface area contributed by atoms with E-state index in [1.807, 2.05) is 6.92 Å². The van der Waals surface area contributed by atoms with Gasteiger partial charge in [-0.05, 0) is 13.0 Å². The number of rotatable bonds is 4. The Morgan fingerprint density at radius 1 is 1.77 bits per heavy atom. The van der Waals surface area contributed by atoms with Gasteiger partial charge in [0.1, 0.15) is 0 Å². The summed E-state index contributed by atoms with van der Waals surface area (Å²) in [5, 5.41) is 12.6. The van der Waals surface area contributed by atoms with Crippen molar-refractivity contribution in [2.45, 2.75) is 20.1 Å². The van der Waals surface area contributed by atoms with Crippen LogP contribution in [0, 0.1) is 0 Å². The van der Waals surface area contributed by atoms with Crippen LogP contribution in [-0.2, 0) is 17.9 Å². The Balaban J connectivity index is 2.96. The van der Waals surface area contributed by atoms with Crippen LogP contribution >= 0.6 is 0 Å². The zero-order chi connectivity index (χ0) is 9.84. The normalized spacial score (nSPS) is 10.3. The molecule has 0 atom stereocenters. The number of aryl methyl sites for hydroxylation is 1. The van der Waals surface area contributed by atoms with Gasteiger partial charge in [0.15, 0.2) is 5.69 Å². The molecule has 0 saturated heterocycles. The molecular formula is C8H12N2O3. The average Bonchev–Trinajstić information content (AvgIpc) is 2.48. The van der Waals surface area contributed by atoms with E-state index < -0.39 is 5.97 Å². The predicted octanol–water partition coefficient (Wildman–Crippen LogP) is 0.748. The summed E-state index contributed by atoms with van der Waals surface area (Å²) in [5.41, 5.74) is 0.844. The lowest BCUT2D eigenvalue weighted by molar-refractivity contribution is 0.0689. The van der Waals surface area contributed by atoms with E-state index in [1.54, 1.807) is 11.8 Å². The van der Waals surface area contributed by atoms with E-state index in [1.165, 1.54) is 6.07 Å². The first-order valence-electron chi connectivity index (χ1n) is 3.98. The molecule has 1 rings (SSSR count). The zero-order valence-electron chi connectivity index (χ0n) is 7.65. The summed E-state index contributed by atoms with van der Waals surface area (Å²) in [7, 11) is 1.56. The fraction of sp³-hybridized carbons (Fsp3) is 0.500. The molecule has 5 nitrogen and oxygen atoms in total. The molecule has 0 unspecified atom stereocenters. The van der Waals surface area contributed by atoms with Crippen LogP contribution in [0.15, 0.2) is 6.07 Å². The molecule has 0 saturated carbocycles. The van der Waals surface area contributed by atoms with E-state index in [-0.39, 0.29) is 5.69 Å². The van der Waals surface area contributed by atoms with Gasteiger partial charge in [0.2, 0.25) is 0 Å². The van der Waals surface area contributed by atoms with Crippen molar-refractivity contribution in [3.8, 4) is 0 Å². The quantitative estimate of drug-likeness (QED) is 0.749. The van der Waals surface area contributed by atoms with E-state index >= 15 is 0 Å². The van der Waals surface area contributed by atoms with Crippen molar-refractivity contribution in [2.75, 3.05) is 7.11 Å². The van der Waals surface area contributed by atoms with Gasteiger partial charge in [-0.1, -0.05) is 0 Å². The number of nitrogens with zero attached hydrogens (tertiary/aromatic N) is 2. The summed E-state index contributed by atoms with van der Waals surface area (Å²) < 4.78 is 6.53. The first-order valence-corrected chi connectivity index (χ1v) is 3.98. The Morgan fingerprint density at radius 2 is 2.46 bits per heavy atom. The summed E-state index contributed by atoms with van der Waals surface area (Å²) in [5.74, 6) is -1.01. The molecule has 0 aliphatic heterocycles. The highest BCUT2D eigenvalue weighted by molar-refractivity contribution is 5.85. The first kappa shape index (κ1) is 9.73. The highest BCUT2D eigenvalue weighted by atomic mass is 16.5. The van der Waals surface area contributed by atoms with Gasteiger partial charge in [-0.2, -0.15) is 5.10 Å². The Hall–Kier alpha value is -1.36. The third kappa shape index (κ3) is 2.06. The standard InChI is InChI=1S/C8H12N2O3/c1-3-10-6(5-13-2)4-7(9-10)8(11)12/h4H,3,5H2,1-2H3,(H,11,12). The maximum Gasteiger partial charge on any atom is 0.356 e. The van der Waals surface area contributed by atoms with Crippen LogP contribution < -0.4 is 0 Å². The van der Waals surface area contributed by atoms with Gasteiger partial charge in [-0.15, -0.1) is 0 Å². The number of carboxylic acids is 1. The molecule has 0 fully saturated rings. The Kier molecular flexibility index (Phi) is 3.02. The number of hydrogen-bond donors (Lipinski definition) is 1. The molecule has 1 heterocycles. The van der Waals surface area contributed by atoms with Crippen LogP contribution in [0.3, 0.4) is 0 Å². The van der Waals surface area contributed by atoms with Gasteiger partial charge in [-0.25, -0.2) is 4.79 Å². The molecule has 1 N–H and O–H groups in total. The van der Waals surface area contributed by atoms with E-state index in [0.717, 1.165) is 5.69 Å². The molecule has 0 aliphatic rings. The van der Waals surface area contributed by atoms with Gasteiger partial charge < -0.3 is 9.84 Å². The molecule has 0 bridgehead atoms. The Bertz CT molecular complexity index is 306. The van der Waals surface area contributed by atoms with Crippen LogP contribution in [0.1, 0.15) is 23.1 Å². The molecule has 0 aromatic carbocycles. The highest BCUT2D eigenvalue weighted by Crippen LogP contribution is 2.05. The second-order valence-electron chi connectivity index (χ2n) is 2.57. The lowest BCUT2D eigenvalue weighted by Gasteiger charge is -2.01. The number of ether oxygens (including phenoxy) is 1.